The van der Waals surface area contributed by atoms with Crippen LogP contribution in [-0.2, 0) is 34.6 Å². The second-order valence-corrected chi connectivity index (χ2v) is 6.95. The largest absolute Gasteiger partial charge is 0.479 e. The number of ether oxygens (including phenoxy) is 1. The summed E-state index contributed by atoms with van der Waals surface area (Å²) >= 11 is 0. The zero-order valence-electron chi connectivity index (χ0n) is 16.0. The highest BCUT2D eigenvalue weighted by molar-refractivity contribution is 5.87. The lowest BCUT2D eigenvalue weighted by atomic mass is 9.95. The summed E-state index contributed by atoms with van der Waals surface area (Å²) in [7, 11) is 1.68. The minimum absolute atomic E-state index is 0.142. The van der Waals surface area contributed by atoms with E-state index >= 15 is 0 Å². The molecule has 2 aliphatic rings. The number of carboxylic acids is 1. The molecule has 0 spiro atoms. The van der Waals surface area contributed by atoms with E-state index in [0.29, 0.717) is 23.6 Å². The number of carbonyl (C=O) groups excluding carboxylic acids is 1. The molecule has 0 radical (unpaired) electrons. The van der Waals surface area contributed by atoms with Crippen molar-refractivity contribution >= 4 is 12.0 Å². The van der Waals surface area contributed by atoms with Crippen molar-refractivity contribution in [2.45, 2.75) is 25.3 Å². The second kappa shape index (κ2) is 7.69. The van der Waals surface area contributed by atoms with Crippen LogP contribution in [0.2, 0.25) is 0 Å². The average molecular weight is 398 g/mol. The summed E-state index contributed by atoms with van der Waals surface area (Å²) in [5, 5.41) is 15.5. The van der Waals surface area contributed by atoms with Gasteiger partial charge in [-0.15, -0.1) is 6.58 Å². The molecule has 1 aromatic heterocycles. The summed E-state index contributed by atoms with van der Waals surface area (Å²) in [6.07, 6.45) is 1.54. The van der Waals surface area contributed by atoms with Gasteiger partial charge in [-0.1, -0.05) is 36.4 Å². The van der Waals surface area contributed by atoms with Crippen LogP contribution in [0.3, 0.4) is 0 Å². The van der Waals surface area contributed by atoms with Crippen molar-refractivity contribution in [2.24, 2.45) is 7.05 Å². The molecule has 2 amide bonds. The Hall–Kier alpha value is -3.17. The van der Waals surface area contributed by atoms with Crippen LogP contribution in [0.5, 0.6) is 0 Å². The Morgan fingerprint density at radius 1 is 1.34 bits per heavy atom. The molecule has 1 N–H and O–H groups in total. The number of amides is 2. The molecule has 1 fully saturated rings. The fraction of sp³-hybridized carbons (Fsp3) is 0.350. The molecule has 4 rings (SSSR count). The smallest absolute Gasteiger partial charge is 0.345 e. The fourth-order valence-electron chi connectivity index (χ4n) is 3.94. The molecule has 0 unspecified atom stereocenters. The lowest BCUT2D eigenvalue weighted by molar-refractivity contribution is -0.142. The van der Waals surface area contributed by atoms with Crippen molar-refractivity contribution in [1.82, 2.24) is 19.7 Å². The van der Waals surface area contributed by atoms with Crippen LogP contribution < -0.4 is 0 Å². The number of aryl methyl sites for hydroxylation is 1. The van der Waals surface area contributed by atoms with Crippen molar-refractivity contribution in [3.8, 4) is 0 Å². The van der Waals surface area contributed by atoms with E-state index in [9.17, 15) is 14.7 Å². The minimum atomic E-state index is -1.12. The summed E-state index contributed by atoms with van der Waals surface area (Å²) in [5.74, 6) is -1.11. The van der Waals surface area contributed by atoms with Gasteiger partial charge in [0, 0.05) is 12.6 Å². The maximum Gasteiger partial charge on any atom is 0.345 e. The van der Waals surface area contributed by atoms with Gasteiger partial charge in [0.1, 0.15) is 6.04 Å². The highest BCUT2D eigenvalue weighted by atomic mass is 16.7. The maximum atomic E-state index is 12.8. The molecule has 1 aromatic carbocycles. The summed E-state index contributed by atoms with van der Waals surface area (Å²) < 4.78 is 7.36. The SMILES string of the molecule is C=CCON1C(=O)N2C[C@H]1c1c(COCc3ccccc3)nn(C)c1[C@H]2C(=O)O. The number of nitrogens with zero attached hydrogens (tertiary/aromatic N) is 4. The quantitative estimate of drug-likeness (QED) is 0.685. The molecular weight excluding hydrogens is 376 g/mol. The van der Waals surface area contributed by atoms with Crippen LogP contribution >= 0.6 is 0 Å². The minimum Gasteiger partial charge on any atom is -0.479 e. The molecule has 3 heterocycles. The van der Waals surface area contributed by atoms with E-state index in [2.05, 4.69) is 11.7 Å². The Morgan fingerprint density at radius 2 is 2.10 bits per heavy atom. The molecule has 29 heavy (non-hydrogen) atoms. The Balaban J connectivity index is 1.65. The highest BCUT2D eigenvalue weighted by Gasteiger charge is 2.53. The van der Waals surface area contributed by atoms with E-state index in [1.807, 2.05) is 30.3 Å². The number of urea groups is 1. The third-order valence-corrected chi connectivity index (χ3v) is 5.11. The number of aromatic nitrogens is 2. The fourth-order valence-corrected chi connectivity index (χ4v) is 3.94. The number of hydroxylamine groups is 2. The van der Waals surface area contributed by atoms with Gasteiger partial charge in [0.2, 0.25) is 0 Å². The third-order valence-electron chi connectivity index (χ3n) is 5.11. The standard InChI is InChI=1S/C20H22N4O5/c1-3-9-29-24-15-10-23(20(24)27)18(19(25)26)17-16(15)14(21-22(17)2)12-28-11-13-7-5-4-6-8-13/h3-8,15,18H,1,9-12H2,2H3,(H,25,26)/t15-,18-/m0/s1. The molecule has 0 saturated carbocycles. The first kappa shape index (κ1) is 19.2. The van der Waals surface area contributed by atoms with Gasteiger partial charge in [0.25, 0.3) is 0 Å². The van der Waals surface area contributed by atoms with Gasteiger partial charge in [-0.3, -0.25) is 9.52 Å². The topological polar surface area (TPSA) is 97.1 Å². The van der Waals surface area contributed by atoms with Gasteiger partial charge in [-0.05, 0) is 5.56 Å². The van der Waals surface area contributed by atoms with Crippen molar-refractivity contribution in [3.63, 3.8) is 0 Å². The summed E-state index contributed by atoms with van der Waals surface area (Å²) in [4.78, 5) is 31.6. The number of rotatable bonds is 8. The maximum absolute atomic E-state index is 12.8. The molecule has 9 heteroatoms. The van der Waals surface area contributed by atoms with Crippen LogP contribution in [-0.4, -0.2) is 50.0 Å². The van der Waals surface area contributed by atoms with Crippen molar-refractivity contribution < 1.29 is 24.3 Å². The predicted molar refractivity (Wildman–Crippen MR) is 101 cm³/mol. The van der Waals surface area contributed by atoms with Crippen LogP contribution in [0.1, 0.15) is 34.6 Å². The molecular formula is C20H22N4O5. The molecule has 2 aliphatic heterocycles. The Kier molecular flexibility index (Phi) is 5.08. The third kappa shape index (κ3) is 3.28. The molecule has 9 nitrogen and oxygen atoms in total. The number of hydrogen-bond acceptors (Lipinski definition) is 5. The van der Waals surface area contributed by atoms with E-state index in [4.69, 9.17) is 9.57 Å². The normalized spacial score (nSPS) is 20.1. The van der Waals surface area contributed by atoms with Gasteiger partial charge in [0.15, 0.2) is 6.04 Å². The summed E-state index contributed by atoms with van der Waals surface area (Å²) in [5.41, 5.74) is 2.79. The molecule has 2 bridgehead atoms. The molecule has 1 saturated heterocycles. The Bertz CT molecular complexity index is 942. The van der Waals surface area contributed by atoms with E-state index in [-0.39, 0.29) is 19.8 Å². The van der Waals surface area contributed by atoms with Gasteiger partial charge < -0.3 is 14.7 Å². The predicted octanol–water partition coefficient (Wildman–Crippen LogP) is 2.17. The van der Waals surface area contributed by atoms with E-state index in [1.54, 1.807) is 7.05 Å². The molecule has 2 atom stereocenters. The first-order valence-electron chi connectivity index (χ1n) is 9.26. The number of carbonyl (C=O) groups is 2. The summed E-state index contributed by atoms with van der Waals surface area (Å²) in [6, 6.07) is 7.70. The monoisotopic (exact) mass is 398 g/mol. The molecule has 152 valence electrons. The van der Waals surface area contributed by atoms with Gasteiger partial charge >= 0.3 is 12.0 Å². The zero-order chi connectivity index (χ0) is 20.5. The zero-order valence-corrected chi connectivity index (χ0v) is 16.0. The number of benzene rings is 1. The average Bonchev–Trinajstić information content (AvgIpc) is 3.17. The lowest BCUT2D eigenvalue weighted by Crippen LogP contribution is -2.39. The number of fused-ring (bicyclic) bond motifs is 4. The van der Waals surface area contributed by atoms with Crippen LogP contribution in [0.15, 0.2) is 43.0 Å². The van der Waals surface area contributed by atoms with E-state index in [1.165, 1.54) is 20.7 Å². The van der Waals surface area contributed by atoms with Crippen molar-refractivity contribution in [1.29, 1.82) is 0 Å². The van der Waals surface area contributed by atoms with Gasteiger partial charge in [-0.25, -0.2) is 9.59 Å². The highest BCUT2D eigenvalue weighted by Crippen LogP contribution is 2.45. The van der Waals surface area contributed by atoms with E-state index < -0.39 is 24.1 Å². The van der Waals surface area contributed by atoms with Crippen LogP contribution in [0, 0.1) is 0 Å². The second-order valence-electron chi connectivity index (χ2n) is 6.95. The number of carboxylic acid groups (broad SMARTS) is 1. The number of aliphatic carboxylic acids is 1. The summed E-state index contributed by atoms with van der Waals surface area (Å²) in [6.45, 7) is 4.57. The molecule has 0 aliphatic carbocycles. The van der Waals surface area contributed by atoms with Crippen LogP contribution in [0.4, 0.5) is 4.79 Å². The van der Waals surface area contributed by atoms with Crippen LogP contribution in [0.25, 0.3) is 0 Å². The van der Waals surface area contributed by atoms with Crippen molar-refractivity contribution in [2.75, 3.05) is 13.2 Å². The lowest BCUT2D eigenvalue weighted by Gasteiger charge is -2.28. The Labute approximate surface area is 167 Å². The Morgan fingerprint density at radius 3 is 2.79 bits per heavy atom. The van der Waals surface area contributed by atoms with E-state index in [0.717, 1.165) is 5.56 Å². The first-order chi connectivity index (χ1) is 14.0. The molecule has 2 aromatic rings. The van der Waals surface area contributed by atoms with Crippen molar-refractivity contribution in [3.05, 3.63) is 65.5 Å². The van der Waals surface area contributed by atoms with Gasteiger partial charge in [-0.2, -0.15) is 10.2 Å². The first-order valence-corrected chi connectivity index (χ1v) is 9.26. The number of hydrogen-bond donors (Lipinski definition) is 1. The van der Waals surface area contributed by atoms with Gasteiger partial charge in [0.05, 0.1) is 37.8 Å².